The number of rotatable bonds is 34. The fraction of sp³-hybridized carbons (Fsp3) is 0.782. The third-order valence-corrected chi connectivity index (χ3v) is 35.2. The monoisotopic (exact) mass is 1730 g/mol. The van der Waals surface area contributed by atoms with Crippen molar-refractivity contribution in [1.82, 2.24) is 10.6 Å². The van der Waals surface area contributed by atoms with Crippen LogP contribution < -0.4 is 10.6 Å². The smallest absolute Gasteiger partial charge is 0.462 e. The zero-order chi connectivity index (χ0) is 86.7. The predicted molar refractivity (Wildman–Crippen MR) is 431 cm³/mol. The Kier molecular flexibility index (Phi) is 37.2. The average Bonchev–Trinajstić information content (AvgIpc) is 1.76. The van der Waals surface area contributed by atoms with Crippen LogP contribution in [0.4, 0.5) is 0 Å². The number of phosphoric acid groups is 2. The molecule has 10 unspecified atom stereocenters. The molecule has 0 bridgehead atoms. The highest BCUT2D eigenvalue weighted by atomic mass is 31.2. The summed E-state index contributed by atoms with van der Waals surface area (Å²) in [6, 6.07) is 10.7. The number of phosphoric ester groups is 2. The Morgan fingerprint density at radius 3 is 1.23 bits per heavy atom. The van der Waals surface area contributed by atoms with Gasteiger partial charge in [-0.05, 0) is 88.3 Å². The lowest BCUT2D eigenvalue weighted by atomic mass is 9.88. The van der Waals surface area contributed by atoms with Gasteiger partial charge in [-0.1, -0.05) is 176 Å². The third kappa shape index (κ3) is 26.8. The normalized spacial score (nSPS) is 30.7. The van der Waals surface area contributed by atoms with Crippen molar-refractivity contribution in [1.29, 1.82) is 0 Å². The number of fused-ring (bicyclic) bond motifs is 2. The van der Waals surface area contributed by atoms with E-state index in [4.69, 9.17) is 78.6 Å². The summed E-state index contributed by atoms with van der Waals surface area (Å²) in [5.41, 5.74) is 22.2. The molecule has 0 spiro atoms. The molecule has 6 aliphatic rings. The third-order valence-electron chi connectivity index (χ3n) is 23.5. The Bertz CT molecular complexity index is 3730. The maximum atomic E-state index is 14.1. The maximum absolute atomic E-state index is 14.1. The van der Waals surface area contributed by atoms with Crippen molar-refractivity contribution in [3.63, 3.8) is 0 Å². The number of benzene rings is 2. The Hall–Kier alpha value is -5.38. The summed E-state index contributed by atoms with van der Waals surface area (Å²) < 4.78 is 132. The lowest BCUT2D eigenvalue weighted by Gasteiger charge is -2.48. The second-order valence-corrected chi connectivity index (χ2v) is 46.7. The van der Waals surface area contributed by atoms with E-state index in [-0.39, 0.29) is 87.7 Å². The predicted octanol–water partition coefficient (Wildman–Crippen LogP) is 13.2. The summed E-state index contributed by atoms with van der Waals surface area (Å²) >= 11 is 0. The van der Waals surface area contributed by atoms with E-state index in [2.05, 4.69) is 72.2 Å². The van der Waals surface area contributed by atoms with E-state index in [1.54, 1.807) is 55.4 Å². The Morgan fingerprint density at radius 2 is 0.889 bits per heavy atom. The van der Waals surface area contributed by atoms with Gasteiger partial charge in [0.05, 0.1) is 96.1 Å². The summed E-state index contributed by atoms with van der Waals surface area (Å²) in [4.78, 5) is 70.8. The molecule has 0 aliphatic carbocycles. The summed E-state index contributed by atoms with van der Waals surface area (Å²) in [6.07, 6.45) is -12.6. The fourth-order valence-electron chi connectivity index (χ4n) is 13.5. The maximum Gasteiger partial charge on any atom is 0.475 e. The van der Waals surface area contributed by atoms with Crippen molar-refractivity contribution in [3.05, 3.63) is 91.7 Å². The molecule has 2 amide bonds. The van der Waals surface area contributed by atoms with E-state index >= 15 is 0 Å². The van der Waals surface area contributed by atoms with Crippen LogP contribution in [0.3, 0.4) is 0 Å². The molecule has 4 fully saturated rings. The van der Waals surface area contributed by atoms with E-state index < -0.39 is 209 Å². The number of aliphatic hydroxyl groups is 3. The second kappa shape index (κ2) is 44.1. The van der Waals surface area contributed by atoms with Crippen molar-refractivity contribution in [2.24, 2.45) is 39.8 Å². The minimum atomic E-state index is -4.26. The van der Waals surface area contributed by atoms with Crippen LogP contribution in [0.1, 0.15) is 184 Å². The lowest BCUT2D eigenvalue weighted by Crippen LogP contribution is -2.63. The molecule has 4 saturated heterocycles. The topological polar surface area (TPSA) is 459 Å². The van der Waals surface area contributed by atoms with Crippen LogP contribution in [0.2, 0.25) is 36.3 Å². The van der Waals surface area contributed by atoms with Crippen LogP contribution in [-0.4, -0.2) is 198 Å². The van der Waals surface area contributed by atoms with Gasteiger partial charge in [0.15, 0.2) is 41.8 Å². The summed E-state index contributed by atoms with van der Waals surface area (Å²) in [7, 11) is -13.5. The van der Waals surface area contributed by atoms with E-state index in [0.29, 0.717) is 12.8 Å². The van der Waals surface area contributed by atoms with Crippen LogP contribution in [-0.2, 0) is 138 Å². The lowest BCUT2D eigenvalue weighted by molar-refractivity contribution is -0.281. The molecule has 2 aromatic carbocycles. The van der Waals surface area contributed by atoms with Crippen molar-refractivity contribution in [2.75, 3.05) is 26.4 Å². The van der Waals surface area contributed by atoms with Crippen LogP contribution >= 0.6 is 15.6 Å². The first-order valence-corrected chi connectivity index (χ1v) is 49.4. The number of amides is 2. The molecule has 8 rings (SSSR count). The zero-order valence-electron chi connectivity index (χ0n) is 71.4. The standard InChI is InChI=1S/C42H69N4O14PSi.C36H59N4O13PSi/c1-12-25(4)19-35(50)58-39-26(5)32(57-41(37(39)45-46-43)60-62(10,11)42(7,8)9)24-52-40-36(44-33(48)20-30(13-2)55-34(49)14-3)27(6)38(31(21-47)56-40)59-61(51)53-22-28-17-15-16-18-29(28)23-54-61;1-10-25(49-29(43)11-2)16-28(42)38-30-22(4)33(52-54(45)47-18-23-14-12-13-15-24(23)19-48-54)26(17-41)50-34(30)46-20-27-21(3)32(44)31(39-40-37)35(51-27)53-55(8,9)36(5,6)7/h15-18,25-27,30-32,36-41,47H,12-14,19-24H2,1-11H3,(H,44,48);12-15,21-22,25-27,30-35,41,44H,10-11,16-20H2,1-9H3,(H,38,42)/t25-,26-,27-,30-,31?,32?,36?,37?,38+,39+,40-,41?;21-,22-,25-,26?,27?,30?,31?,32+,33+,34-,35?/m11/s1. The molecular formula is C78H128N8O27P2Si2. The highest BCUT2D eigenvalue weighted by Gasteiger charge is 2.56. The average molecular weight is 1730 g/mol. The van der Waals surface area contributed by atoms with Crippen molar-refractivity contribution < 1.29 is 127 Å². The second-order valence-electron chi connectivity index (χ2n) is 34.0. The molecule has 660 valence electrons. The van der Waals surface area contributed by atoms with Gasteiger partial charge < -0.3 is 77.4 Å². The van der Waals surface area contributed by atoms with Crippen LogP contribution in [0.25, 0.3) is 20.9 Å². The highest BCUT2D eigenvalue weighted by Crippen LogP contribution is 2.57. The molecule has 0 radical (unpaired) electrons. The fourth-order valence-corrected chi connectivity index (χ4v) is 18.6. The number of nitrogens with zero attached hydrogens (tertiary/aromatic N) is 6. The molecule has 6 aliphatic heterocycles. The van der Waals surface area contributed by atoms with E-state index in [1.807, 2.05) is 88.6 Å². The molecule has 35 nitrogen and oxygen atoms in total. The number of esters is 3. The van der Waals surface area contributed by atoms with Gasteiger partial charge in [0.1, 0.15) is 54.8 Å². The van der Waals surface area contributed by atoms with Gasteiger partial charge in [-0.15, -0.1) is 0 Å². The summed E-state index contributed by atoms with van der Waals surface area (Å²) in [5.74, 6) is -4.91. The first-order chi connectivity index (χ1) is 55.0. The Labute approximate surface area is 689 Å². The van der Waals surface area contributed by atoms with Crippen LogP contribution in [0, 0.1) is 29.6 Å². The van der Waals surface area contributed by atoms with E-state index in [9.17, 15) is 59.5 Å². The number of nitrogens with one attached hydrogen (secondary N) is 2. The number of aliphatic hydroxyl groups excluding tert-OH is 3. The van der Waals surface area contributed by atoms with Gasteiger partial charge in [0, 0.05) is 52.8 Å². The summed E-state index contributed by atoms with van der Waals surface area (Å²) in [5, 5.41) is 45.9. The van der Waals surface area contributed by atoms with E-state index in [0.717, 1.165) is 28.7 Å². The number of hydrogen-bond donors (Lipinski definition) is 5. The van der Waals surface area contributed by atoms with Gasteiger partial charge in [0.25, 0.3) is 0 Å². The molecule has 6 heterocycles. The highest BCUT2D eigenvalue weighted by molar-refractivity contribution is 7.48. The molecular weight excluding hydrogens is 1600 g/mol. The Morgan fingerprint density at radius 1 is 0.530 bits per heavy atom. The van der Waals surface area contributed by atoms with Crippen molar-refractivity contribution >= 4 is 62.0 Å². The quantitative estimate of drug-likeness (QED) is 0.00826. The molecule has 5 N–H and O–H groups in total. The molecule has 2 aromatic rings. The number of ether oxygens (including phenoxy) is 9. The zero-order valence-corrected chi connectivity index (χ0v) is 75.2. The van der Waals surface area contributed by atoms with Gasteiger partial charge in [-0.25, -0.2) is 9.13 Å². The number of carbonyl (C=O) groups is 5. The minimum absolute atomic E-state index is 0.0356. The van der Waals surface area contributed by atoms with Crippen molar-refractivity contribution in [2.45, 2.75) is 335 Å². The van der Waals surface area contributed by atoms with Gasteiger partial charge in [-0.2, -0.15) is 0 Å². The molecule has 117 heavy (non-hydrogen) atoms. The molecule has 0 saturated carbocycles. The van der Waals surface area contributed by atoms with Gasteiger partial charge >= 0.3 is 33.6 Å². The first-order valence-electron chi connectivity index (χ1n) is 40.7. The number of azide groups is 2. The Balaban J connectivity index is 0.000000326. The SMILES string of the molecule is CCC(=O)O[C@H](CC)CC(=O)NC1[C@H](OCC2OC(O[Si](C)(C)C(C)(C)C)C(N=[N+]=[N-])[C@@H](O)[C@@H]2C)OC(CO)[C@@H](OP2(=O)OCc3ccccc3CO2)[C@@H]1C.CCC(=O)O[C@H](CC)CC(=O)NC1[C@H](OCC2OC(O[Si](C)(C)C(C)(C)C)C(N=[N+]=[N-])[C@@H](OC(=O)C[C@H](C)CC)[C@@H]2C)OC(CO)[C@@H](OP2(=O)OCc3ccccc3CO2)[C@@H]1C. The molecule has 23 atom stereocenters. The van der Waals surface area contributed by atoms with Gasteiger partial charge in [0.2, 0.25) is 11.8 Å². The van der Waals surface area contributed by atoms with Gasteiger partial charge in [-0.3, -0.25) is 51.1 Å². The van der Waals surface area contributed by atoms with Crippen LogP contribution in [0.15, 0.2) is 58.8 Å². The van der Waals surface area contributed by atoms with E-state index in [1.165, 1.54) is 0 Å². The molecule has 0 aromatic heterocycles. The van der Waals surface area contributed by atoms with Crippen molar-refractivity contribution in [3.8, 4) is 0 Å². The summed E-state index contributed by atoms with van der Waals surface area (Å²) in [6.45, 7) is 36.5. The largest absolute Gasteiger partial charge is 0.475 e. The first kappa shape index (κ1) is 98.7. The molecule has 39 heteroatoms. The number of hydrogen-bond acceptors (Lipinski definition) is 29. The van der Waals surface area contributed by atoms with Crippen LogP contribution in [0.5, 0.6) is 0 Å². The minimum Gasteiger partial charge on any atom is -0.462 e. The number of carbonyl (C=O) groups excluding carboxylic acids is 5.